The second kappa shape index (κ2) is 9.36. The average Bonchev–Trinajstić information content (AvgIpc) is 3.53. The van der Waals surface area contributed by atoms with E-state index in [1.807, 2.05) is 0 Å². The van der Waals surface area contributed by atoms with Crippen molar-refractivity contribution < 1.29 is 0 Å². The standard InChI is InChI=1S/C40H34N2/c1-40(2,3)29-20-23-39-35(26-29)34-25-28(19-22-38(34)42(39)31-14-8-5-9-15-31)27-18-21-37-33(24-27)32-16-10-11-17-36(32)41(37)30-12-6-4-7-13-30/h4-12,14-26,30H,13H2,1-3H3. The van der Waals surface area contributed by atoms with Crippen LogP contribution in [0.5, 0.6) is 0 Å². The summed E-state index contributed by atoms with van der Waals surface area (Å²) >= 11 is 0. The first-order valence-electron chi connectivity index (χ1n) is 15.0. The molecule has 7 aromatic rings. The molecule has 2 aromatic heterocycles. The van der Waals surface area contributed by atoms with Gasteiger partial charge in [-0.15, -0.1) is 0 Å². The van der Waals surface area contributed by atoms with Gasteiger partial charge in [0.1, 0.15) is 0 Å². The number of nitrogens with zero attached hydrogens (tertiary/aromatic N) is 2. The molecule has 1 aliphatic rings. The molecule has 0 amide bonds. The summed E-state index contributed by atoms with van der Waals surface area (Å²) in [6.45, 7) is 6.88. The van der Waals surface area contributed by atoms with Crippen LogP contribution in [0.15, 0.2) is 133 Å². The molecule has 1 atom stereocenters. The lowest BCUT2D eigenvalue weighted by molar-refractivity contribution is 0.591. The summed E-state index contributed by atoms with van der Waals surface area (Å²) in [5.41, 5.74) is 10.2. The van der Waals surface area contributed by atoms with Crippen LogP contribution < -0.4 is 0 Å². The maximum Gasteiger partial charge on any atom is 0.0560 e. The van der Waals surface area contributed by atoms with E-state index in [9.17, 15) is 0 Å². The third-order valence-electron chi connectivity index (χ3n) is 8.98. The Morgan fingerprint density at radius 2 is 1.19 bits per heavy atom. The third-order valence-corrected chi connectivity index (χ3v) is 8.98. The molecule has 1 aliphatic carbocycles. The molecule has 42 heavy (non-hydrogen) atoms. The van der Waals surface area contributed by atoms with Gasteiger partial charge in [0.2, 0.25) is 0 Å². The lowest BCUT2D eigenvalue weighted by Crippen LogP contribution is -2.10. The highest BCUT2D eigenvalue weighted by Crippen LogP contribution is 2.40. The van der Waals surface area contributed by atoms with Crippen LogP contribution in [0, 0.1) is 0 Å². The minimum atomic E-state index is 0.0789. The van der Waals surface area contributed by atoms with E-state index in [-0.39, 0.29) is 5.41 Å². The molecule has 204 valence electrons. The molecule has 0 spiro atoms. The SMILES string of the molecule is CC(C)(C)c1ccc2c(c1)c1cc(-c3ccc4c(c3)c3ccccc3n4C3C=CC=CC3)ccc1n2-c1ccccc1. The van der Waals surface area contributed by atoms with Gasteiger partial charge in [-0.25, -0.2) is 0 Å². The largest absolute Gasteiger partial charge is 0.333 e. The van der Waals surface area contributed by atoms with E-state index < -0.39 is 0 Å². The molecule has 1 unspecified atom stereocenters. The number of rotatable bonds is 3. The van der Waals surface area contributed by atoms with Gasteiger partial charge in [-0.2, -0.15) is 0 Å². The van der Waals surface area contributed by atoms with E-state index in [1.165, 1.54) is 66.0 Å². The second-order valence-corrected chi connectivity index (χ2v) is 12.6. The van der Waals surface area contributed by atoms with Crippen LogP contribution >= 0.6 is 0 Å². The van der Waals surface area contributed by atoms with Gasteiger partial charge >= 0.3 is 0 Å². The van der Waals surface area contributed by atoms with Crippen LogP contribution in [0.25, 0.3) is 60.4 Å². The van der Waals surface area contributed by atoms with Gasteiger partial charge in [-0.05, 0) is 83.1 Å². The number of hydrogen-bond acceptors (Lipinski definition) is 0. The highest BCUT2D eigenvalue weighted by Gasteiger charge is 2.20. The molecule has 8 rings (SSSR count). The van der Waals surface area contributed by atoms with Crippen LogP contribution in [0.3, 0.4) is 0 Å². The zero-order valence-electron chi connectivity index (χ0n) is 24.4. The summed E-state index contributed by atoms with van der Waals surface area (Å²) in [7, 11) is 0. The summed E-state index contributed by atoms with van der Waals surface area (Å²) < 4.78 is 4.92. The van der Waals surface area contributed by atoms with Gasteiger partial charge in [0.25, 0.3) is 0 Å². The Bertz CT molecular complexity index is 2200. The number of benzene rings is 5. The molecule has 0 radical (unpaired) electrons. The summed E-state index contributed by atoms with van der Waals surface area (Å²) in [6.07, 6.45) is 9.94. The van der Waals surface area contributed by atoms with Gasteiger partial charge in [0.15, 0.2) is 0 Å². The minimum absolute atomic E-state index is 0.0789. The van der Waals surface area contributed by atoms with E-state index in [2.05, 4.69) is 163 Å². The summed E-state index contributed by atoms with van der Waals surface area (Å²) in [5, 5.41) is 5.22. The molecule has 0 saturated heterocycles. The molecule has 2 heterocycles. The Morgan fingerprint density at radius 1 is 0.571 bits per heavy atom. The van der Waals surface area contributed by atoms with E-state index in [0.717, 1.165) is 6.42 Å². The first kappa shape index (κ1) is 24.9. The van der Waals surface area contributed by atoms with E-state index in [1.54, 1.807) is 0 Å². The maximum atomic E-state index is 2.51. The number of allylic oxidation sites excluding steroid dienone is 4. The molecule has 2 nitrogen and oxygen atoms in total. The predicted octanol–water partition coefficient (Wildman–Crippen LogP) is 10.9. The Hall–Kier alpha value is -4.82. The smallest absolute Gasteiger partial charge is 0.0560 e. The molecule has 0 aliphatic heterocycles. The van der Waals surface area contributed by atoms with Gasteiger partial charge in [0, 0.05) is 38.3 Å². The monoisotopic (exact) mass is 542 g/mol. The molecule has 2 heteroatoms. The van der Waals surface area contributed by atoms with Crippen molar-refractivity contribution in [3.05, 3.63) is 139 Å². The zero-order chi connectivity index (χ0) is 28.4. The van der Waals surface area contributed by atoms with Gasteiger partial charge in [-0.1, -0.05) is 99.7 Å². The second-order valence-electron chi connectivity index (χ2n) is 12.6. The van der Waals surface area contributed by atoms with Crippen LogP contribution in [-0.4, -0.2) is 9.13 Å². The Balaban J connectivity index is 1.35. The van der Waals surface area contributed by atoms with Crippen molar-refractivity contribution in [3.63, 3.8) is 0 Å². The fraction of sp³-hybridized carbons (Fsp3) is 0.150. The van der Waals surface area contributed by atoms with Crippen molar-refractivity contribution in [2.24, 2.45) is 0 Å². The maximum absolute atomic E-state index is 2.51. The van der Waals surface area contributed by atoms with Gasteiger partial charge in [0.05, 0.1) is 17.1 Å². The van der Waals surface area contributed by atoms with Crippen molar-refractivity contribution in [1.82, 2.24) is 9.13 Å². The van der Waals surface area contributed by atoms with Crippen molar-refractivity contribution >= 4 is 43.6 Å². The fourth-order valence-electron chi connectivity index (χ4n) is 6.82. The molecular weight excluding hydrogens is 508 g/mol. The normalized spacial score (nSPS) is 15.5. The van der Waals surface area contributed by atoms with Gasteiger partial charge in [-0.3, -0.25) is 0 Å². The van der Waals surface area contributed by atoms with Crippen molar-refractivity contribution in [2.75, 3.05) is 0 Å². The number of aromatic nitrogens is 2. The van der Waals surface area contributed by atoms with Crippen molar-refractivity contribution in [3.8, 4) is 16.8 Å². The Morgan fingerprint density at radius 3 is 1.90 bits per heavy atom. The lowest BCUT2D eigenvalue weighted by Gasteiger charge is -2.19. The Labute approximate surface area is 246 Å². The average molecular weight is 543 g/mol. The van der Waals surface area contributed by atoms with Crippen LogP contribution in [0.2, 0.25) is 0 Å². The summed E-state index contributed by atoms with van der Waals surface area (Å²) in [6, 6.07) is 40.9. The number of fused-ring (bicyclic) bond motifs is 6. The third kappa shape index (κ3) is 3.86. The van der Waals surface area contributed by atoms with Crippen LogP contribution in [-0.2, 0) is 5.41 Å². The molecule has 0 N–H and O–H groups in total. The predicted molar refractivity (Wildman–Crippen MR) is 180 cm³/mol. The molecule has 0 saturated carbocycles. The topological polar surface area (TPSA) is 9.86 Å². The highest BCUT2D eigenvalue weighted by atomic mass is 15.0. The quantitative estimate of drug-likeness (QED) is 0.210. The van der Waals surface area contributed by atoms with Crippen LogP contribution in [0.4, 0.5) is 0 Å². The number of para-hydroxylation sites is 2. The molecular formula is C40H34N2. The van der Waals surface area contributed by atoms with Crippen LogP contribution in [0.1, 0.15) is 38.8 Å². The summed E-state index contributed by atoms with van der Waals surface area (Å²) in [5.74, 6) is 0. The number of hydrogen-bond donors (Lipinski definition) is 0. The van der Waals surface area contributed by atoms with E-state index in [0.29, 0.717) is 6.04 Å². The van der Waals surface area contributed by atoms with Crippen molar-refractivity contribution in [1.29, 1.82) is 0 Å². The lowest BCUT2D eigenvalue weighted by atomic mass is 9.86. The molecule has 0 bridgehead atoms. The van der Waals surface area contributed by atoms with Crippen molar-refractivity contribution in [2.45, 2.75) is 38.6 Å². The minimum Gasteiger partial charge on any atom is -0.333 e. The zero-order valence-corrected chi connectivity index (χ0v) is 24.4. The molecule has 0 fully saturated rings. The summed E-state index contributed by atoms with van der Waals surface area (Å²) in [4.78, 5) is 0. The van der Waals surface area contributed by atoms with E-state index >= 15 is 0 Å². The first-order valence-corrected chi connectivity index (χ1v) is 15.0. The van der Waals surface area contributed by atoms with Gasteiger partial charge < -0.3 is 9.13 Å². The highest BCUT2D eigenvalue weighted by molar-refractivity contribution is 6.12. The first-order chi connectivity index (χ1) is 20.5. The van der Waals surface area contributed by atoms with E-state index in [4.69, 9.17) is 0 Å². The Kier molecular flexibility index (Phi) is 5.55. The fourth-order valence-corrected chi connectivity index (χ4v) is 6.82. The molecule has 5 aromatic carbocycles.